The van der Waals surface area contributed by atoms with Crippen LogP contribution in [0.15, 0.2) is 18.2 Å². The minimum Gasteiger partial charge on any atom is -0.378 e. The van der Waals surface area contributed by atoms with Gasteiger partial charge in [-0.15, -0.1) is 0 Å². The largest absolute Gasteiger partial charge is 0.378 e. The number of ether oxygens (including phenoxy) is 1. The second kappa shape index (κ2) is 6.35. The lowest BCUT2D eigenvalue weighted by molar-refractivity contribution is 0.100. The Morgan fingerprint density at radius 1 is 1.00 bits per heavy atom. The quantitative estimate of drug-likeness (QED) is 0.918. The van der Waals surface area contributed by atoms with E-state index in [9.17, 15) is 4.79 Å². The topological polar surface area (TPSA) is 58.8 Å². The summed E-state index contributed by atoms with van der Waals surface area (Å²) in [6.45, 7) is 5.33. The predicted octanol–water partition coefficient (Wildman–Crippen LogP) is 1.61. The van der Waals surface area contributed by atoms with Crippen molar-refractivity contribution in [3.8, 4) is 0 Å². The van der Waals surface area contributed by atoms with Gasteiger partial charge in [-0.2, -0.15) is 0 Å². The number of carbonyl (C=O) groups excluding carboxylic acids is 1. The third-order valence-corrected chi connectivity index (χ3v) is 4.32. The number of piperidine rings is 1. The smallest absolute Gasteiger partial charge is 0.250 e. The van der Waals surface area contributed by atoms with Crippen LogP contribution in [-0.2, 0) is 4.74 Å². The molecule has 114 valence electrons. The lowest BCUT2D eigenvalue weighted by Crippen LogP contribution is -2.37. The molecule has 0 bridgehead atoms. The van der Waals surface area contributed by atoms with Crippen LogP contribution < -0.4 is 15.5 Å². The van der Waals surface area contributed by atoms with Crippen molar-refractivity contribution in [2.45, 2.75) is 19.3 Å². The Balaban J connectivity index is 1.91. The molecule has 2 N–H and O–H groups in total. The second-order valence-corrected chi connectivity index (χ2v) is 5.71. The molecule has 2 saturated heterocycles. The third kappa shape index (κ3) is 3.13. The molecule has 5 heteroatoms. The number of amides is 1. The number of morpholine rings is 1. The average molecular weight is 289 g/mol. The number of nitrogens with two attached hydrogens (primary N) is 1. The molecule has 3 rings (SSSR count). The van der Waals surface area contributed by atoms with E-state index >= 15 is 0 Å². The van der Waals surface area contributed by atoms with Crippen LogP contribution in [0.4, 0.5) is 11.4 Å². The third-order valence-electron chi connectivity index (χ3n) is 4.32. The molecule has 0 saturated carbocycles. The molecule has 0 unspecified atom stereocenters. The number of hydrogen-bond donors (Lipinski definition) is 1. The molecular formula is C16H23N3O2. The Bertz CT molecular complexity index is 506. The summed E-state index contributed by atoms with van der Waals surface area (Å²) in [6.07, 6.45) is 3.63. The molecule has 2 fully saturated rings. The van der Waals surface area contributed by atoms with Crippen molar-refractivity contribution in [1.29, 1.82) is 0 Å². The molecule has 0 radical (unpaired) electrons. The van der Waals surface area contributed by atoms with Crippen LogP contribution in [-0.4, -0.2) is 45.3 Å². The SMILES string of the molecule is NC(=O)c1ccc(N2CCOCC2)cc1N1CCCCC1. The fourth-order valence-corrected chi connectivity index (χ4v) is 3.14. The van der Waals surface area contributed by atoms with E-state index in [1.165, 1.54) is 19.3 Å². The summed E-state index contributed by atoms with van der Waals surface area (Å²) in [5.41, 5.74) is 8.33. The molecule has 0 aromatic heterocycles. The van der Waals surface area contributed by atoms with E-state index in [2.05, 4.69) is 15.9 Å². The zero-order chi connectivity index (χ0) is 14.7. The van der Waals surface area contributed by atoms with Crippen molar-refractivity contribution in [3.63, 3.8) is 0 Å². The van der Waals surface area contributed by atoms with Gasteiger partial charge in [-0.25, -0.2) is 0 Å². The summed E-state index contributed by atoms with van der Waals surface area (Å²) in [6, 6.07) is 5.99. The van der Waals surface area contributed by atoms with Gasteiger partial charge in [-0.3, -0.25) is 4.79 Å². The zero-order valence-electron chi connectivity index (χ0n) is 12.4. The highest BCUT2D eigenvalue weighted by Crippen LogP contribution is 2.29. The van der Waals surface area contributed by atoms with E-state index in [1.54, 1.807) is 0 Å². The molecule has 2 aliphatic rings. The van der Waals surface area contributed by atoms with Gasteiger partial charge in [0, 0.05) is 31.9 Å². The maximum Gasteiger partial charge on any atom is 0.250 e. The number of rotatable bonds is 3. The van der Waals surface area contributed by atoms with Crippen LogP contribution in [0, 0.1) is 0 Å². The zero-order valence-corrected chi connectivity index (χ0v) is 12.4. The van der Waals surface area contributed by atoms with Crippen LogP contribution >= 0.6 is 0 Å². The van der Waals surface area contributed by atoms with Crippen LogP contribution in [0.25, 0.3) is 0 Å². The van der Waals surface area contributed by atoms with E-state index in [0.717, 1.165) is 50.8 Å². The summed E-state index contributed by atoms with van der Waals surface area (Å²) < 4.78 is 5.40. The molecular weight excluding hydrogens is 266 g/mol. The van der Waals surface area contributed by atoms with E-state index in [-0.39, 0.29) is 5.91 Å². The van der Waals surface area contributed by atoms with Gasteiger partial charge < -0.3 is 20.3 Å². The second-order valence-electron chi connectivity index (χ2n) is 5.71. The molecule has 2 heterocycles. The van der Waals surface area contributed by atoms with E-state index in [4.69, 9.17) is 10.5 Å². The Kier molecular flexibility index (Phi) is 4.29. The lowest BCUT2D eigenvalue weighted by Gasteiger charge is -2.33. The Morgan fingerprint density at radius 3 is 2.38 bits per heavy atom. The maximum absolute atomic E-state index is 11.7. The first-order valence-corrected chi connectivity index (χ1v) is 7.77. The fraction of sp³-hybridized carbons (Fsp3) is 0.562. The molecule has 5 nitrogen and oxygen atoms in total. The molecule has 1 aromatic carbocycles. The van der Waals surface area contributed by atoms with E-state index in [1.807, 2.05) is 12.1 Å². The number of nitrogens with zero attached hydrogens (tertiary/aromatic N) is 2. The van der Waals surface area contributed by atoms with Crippen molar-refractivity contribution >= 4 is 17.3 Å². The lowest BCUT2D eigenvalue weighted by atomic mass is 10.1. The molecule has 21 heavy (non-hydrogen) atoms. The Morgan fingerprint density at radius 2 is 1.71 bits per heavy atom. The standard InChI is InChI=1S/C16H23N3O2/c17-16(20)14-5-4-13(18-8-10-21-11-9-18)12-15(14)19-6-2-1-3-7-19/h4-5,12H,1-3,6-11H2,(H2,17,20). The van der Waals surface area contributed by atoms with Gasteiger partial charge in [0.1, 0.15) is 0 Å². The minimum absolute atomic E-state index is 0.343. The fourth-order valence-electron chi connectivity index (χ4n) is 3.14. The number of hydrogen-bond acceptors (Lipinski definition) is 4. The molecule has 0 atom stereocenters. The highest BCUT2D eigenvalue weighted by Gasteiger charge is 2.20. The van der Waals surface area contributed by atoms with Crippen LogP contribution in [0.1, 0.15) is 29.6 Å². The number of benzene rings is 1. The van der Waals surface area contributed by atoms with Crippen molar-refractivity contribution in [2.24, 2.45) is 5.73 Å². The maximum atomic E-state index is 11.7. The predicted molar refractivity (Wildman–Crippen MR) is 84.1 cm³/mol. The molecule has 0 spiro atoms. The molecule has 1 amide bonds. The molecule has 0 aliphatic carbocycles. The summed E-state index contributed by atoms with van der Waals surface area (Å²) in [7, 11) is 0. The summed E-state index contributed by atoms with van der Waals surface area (Å²) in [4.78, 5) is 16.3. The number of primary amides is 1. The van der Waals surface area contributed by atoms with Gasteiger partial charge in [0.05, 0.1) is 24.5 Å². The van der Waals surface area contributed by atoms with E-state index < -0.39 is 0 Å². The molecule has 2 aliphatic heterocycles. The highest BCUT2D eigenvalue weighted by molar-refractivity contribution is 5.99. The first-order chi connectivity index (χ1) is 10.3. The first-order valence-electron chi connectivity index (χ1n) is 7.77. The van der Waals surface area contributed by atoms with Crippen molar-refractivity contribution in [3.05, 3.63) is 23.8 Å². The normalized spacial score (nSPS) is 19.6. The Labute approximate surface area is 125 Å². The Hall–Kier alpha value is -1.75. The van der Waals surface area contributed by atoms with Crippen molar-refractivity contribution < 1.29 is 9.53 Å². The van der Waals surface area contributed by atoms with Gasteiger partial charge in [0.2, 0.25) is 0 Å². The first kappa shape index (κ1) is 14.2. The van der Waals surface area contributed by atoms with Gasteiger partial charge in [-0.05, 0) is 37.5 Å². The van der Waals surface area contributed by atoms with Crippen molar-refractivity contribution in [2.75, 3.05) is 49.2 Å². The summed E-state index contributed by atoms with van der Waals surface area (Å²) in [5.74, 6) is -0.343. The average Bonchev–Trinajstić information content (AvgIpc) is 2.56. The molecule has 1 aromatic rings. The van der Waals surface area contributed by atoms with Gasteiger partial charge >= 0.3 is 0 Å². The highest BCUT2D eigenvalue weighted by atomic mass is 16.5. The van der Waals surface area contributed by atoms with Crippen LogP contribution in [0.5, 0.6) is 0 Å². The van der Waals surface area contributed by atoms with Gasteiger partial charge in [0.15, 0.2) is 0 Å². The summed E-state index contributed by atoms with van der Waals surface area (Å²) >= 11 is 0. The minimum atomic E-state index is -0.343. The van der Waals surface area contributed by atoms with Gasteiger partial charge in [0.25, 0.3) is 5.91 Å². The van der Waals surface area contributed by atoms with Crippen LogP contribution in [0.2, 0.25) is 0 Å². The monoisotopic (exact) mass is 289 g/mol. The van der Waals surface area contributed by atoms with Crippen molar-refractivity contribution in [1.82, 2.24) is 0 Å². The number of anilines is 2. The van der Waals surface area contributed by atoms with Gasteiger partial charge in [-0.1, -0.05) is 0 Å². The van der Waals surface area contributed by atoms with Crippen LogP contribution in [0.3, 0.4) is 0 Å². The van der Waals surface area contributed by atoms with E-state index in [0.29, 0.717) is 5.56 Å². The number of carbonyl (C=O) groups is 1. The summed E-state index contributed by atoms with van der Waals surface area (Å²) in [5, 5.41) is 0.